The Balaban J connectivity index is 1.74. The fourth-order valence-corrected chi connectivity index (χ4v) is 4.36. The molecule has 0 fully saturated rings. The van der Waals surface area contributed by atoms with Crippen molar-refractivity contribution < 1.29 is 0 Å². The van der Waals surface area contributed by atoms with Gasteiger partial charge in [-0.25, -0.2) is 0 Å². The highest BCUT2D eigenvalue weighted by Gasteiger charge is 2.27. The van der Waals surface area contributed by atoms with Crippen LogP contribution in [0.3, 0.4) is 0 Å². The summed E-state index contributed by atoms with van der Waals surface area (Å²) in [7, 11) is 0. The molecule has 4 aromatic heterocycles. The van der Waals surface area contributed by atoms with Crippen molar-refractivity contribution >= 4 is 33.3 Å². The van der Waals surface area contributed by atoms with Gasteiger partial charge in [-0.15, -0.1) is 0 Å². The van der Waals surface area contributed by atoms with E-state index in [9.17, 15) is 0 Å². The minimum Gasteiger partial charge on any atom is -0.281 e. The number of hydrogen-bond acceptors (Lipinski definition) is 5. The van der Waals surface area contributed by atoms with Crippen LogP contribution in [0.1, 0.15) is 50.9 Å². The SMILES string of the molecule is CC(C)(C)c1[nH]nc2cnc(CC(C)(C)c3snc4ccncc34)cc12. The van der Waals surface area contributed by atoms with Crippen molar-refractivity contribution in [2.24, 2.45) is 0 Å². The van der Waals surface area contributed by atoms with Gasteiger partial charge in [0.05, 0.1) is 11.7 Å². The third-order valence-corrected chi connectivity index (χ3v) is 6.01. The number of aromatic nitrogens is 5. The first-order valence-electron chi connectivity index (χ1n) is 8.79. The highest BCUT2D eigenvalue weighted by Crippen LogP contribution is 2.36. The number of rotatable bonds is 3. The molecule has 0 radical (unpaired) electrons. The second kappa shape index (κ2) is 5.84. The number of nitrogens with zero attached hydrogens (tertiary/aromatic N) is 4. The molecule has 0 bridgehead atoms. The van der Waals surface area contributed by atoms with Crippen LogP contribution in [0.2, 0.25) is 0 Å². The first kappa shape index (κ1) is 17.1. The maximum absolute atomic E-state index is 4.66. The summed E-state index contributed by atoms with van der Waals surface area (Å²) in [6.45, 7) is 11.1. The summed E-state index contributed by atoms with van der Waals surface area (Å²) in [5, 5.41) is 9.90. The summed E-state index contributed by atoms with van der Waals surface area (Å²) in [4.78, 5) is 10.2. The average molecular weight is 366 g/mol. The average Bonchev–Trinajstić information content (AvgIpc) is 3.18. The highest BCUT2D eigenvalue weighted by molar-refractivity contribution is 7.07. The molecule has 5 nitrogen and oxygen atoms in total. The van der Waals surface area contributed by atoms with Crippen LogP contribution in [0.25, 0.3) is 21.8 Å². The Labute approximate surface area is 157 Å². The van der Waals surface area contributed by atoms with Crippen molar-refractivity contribution in [1.29, 1.82) is 0 Å². The zero-order valence-electron chi connectivity index (χ0n) is 15.8. The van der Waals surface area contributed by atoms with Crippen molar-refractivity contribution in [3.8, 4) is 0 Å². The number of H-pyrrole nitrogens is 1. The molecule has 0 aromatic carbocycles. The number of nitrogens with one attached hydrogen (secondary N) is 1. The van der Waals surface area contributed by atoms with Crippen molar-refractivity contribution in [2.45, 2.75) is 51.9 Å². The van der Waals surface area contributed by atoms with Crippen LogP contribution < -0.4 is 0 Å². The van der Waals surface area contributed by atoms with Crippen LogP contribution >= 0.6 is 11.5 Å². The standard InChI is InChI=1S/C20H23N5S/c1-19(2,3)17-13-8-12(22-11-16(13)23-24-17)9-20(4,5)18-14-10-21-7-6-15(14)25-26-18/h6-8,10-11H,9H2,1-5H3,(H,23,24). The van der Waals surface area contributed by atoms with E-state index in [4.69, 9.17) is 0 Å². The summed E-state index contributed by atoms with van der Waals surface area (Å²) < 4.78 is 4.58. The van der Waals surface area contributed by atoms with Crippen molar-refractivity contribution in [3.63, 3.8) is 0 Å². The molecule has 26 heavy (non-hydrogen) atoms. The molecule has 4 aromatic rings. The lowest BCUT2D eigenvalue weighted by Gasteiger charge is -2.23. The van der Waals surface area contributed by atoms with E-state index in [0.29, 0.717) is 0 Å². The normalized spacial score (nSPS) is 13.0. The predicted molar refractivity (Wildman–Crippen MR) is 107 cm³/mol. The quantitative estimate of drug-likeness (QED) is 0.567. The molecule has 0 unspecified atom stereocenters. The maximum atomic E-state index is 4.66. The van der Waals surface area contributed by atoms with Crippen LogP contribution in [0.5, 0.6) is 0 Å². The molecule has 0 atom stereocenters. The van der Waals surface area contributed by atoms with Gasteiger partial charge in [-0.1, -0.05) is 34.6 Å². The molecule has 0 aliphatic carbocycles. The first-order chi connectivity index (χ1) is 12.3. The summed E-state index contributed by atoms with van der Waals surface area (Å²) in [6, 6.07) is 4.15. The van der Waals surface area contributed by atoms with Gasteiger partial charge in [0.15, 0.2) is 0 Å². The minimum atomic E-state index is -0.0746. The molecule has 134 valence electrons. The number of hydrogen-bond donors (Lipinski definition) is 1. The van der Waals surface area contributed by atoms with Crippen LogP contribution in [0.15, 0.2) is 30.7 Å². The molecule has 6 heteroatoms. The molecule has 0 aliphatic heterocycles. The lowest BCUT2D eigenvalue weighted by Crippen LogP contribution is -2.20. The van der Waals surface area contributed by atoms with E-state index in [1.807, 2.05) is 18.5 Å². The van der Waals surface area contributed by atoms with Gasteiger partial charge < -0.3 is 0 Å². The molecule has 1 N–H and O–H groups in total. The lowest BCUT2D eigenvalue weighted by atomic mass is 9.84. The summed E-state index contributed by atoms with van der Waals surface area (Å²) in [6.07, 6.45) is 6.42. The zero-order valence-corrected chi connectivity index (χ0v) is 16.6. The fourth-order valence-electron chi connectivity index (χ4n) is 3.43. The topological polar surface area (TPSA) is 67.3 Å². The number of fused-ring (bicyclic) bond motifs is 2. The van der Waals surface area contributed by atoms with Gasteiger partial charge in [0, 0.05) is 50.3 Å². The van der Waals surface area contributed by atoms with E-state index in [-0.39, 0.29) is 10.8 Å². The van der Waals surface area contributed by atoms with Gasteiger partial charge in [0.1, 0.15) is 5.52 Å². The Morgan fingerprint density at radius 2 is 1.85 bits per heavy atom. The fraction of sp³-hybridized carbons (Fsp3) is 0.400. The second-order valence-electron chi connectivity index (χ2n) is 8.51. The first-order valence-corrected chi connectivity index (χ1v) is 9.56. The largest absolute Gasteiger partial charge is 0.281 e. The van der Waals surface area contributed by atoms with Gasteiger partial charge in [0.25, 0.3) is 0 Å². The van der Waals surface area contributed by atoms with Crippen LogP contribution in [0.4, 0.5) is 0 Å². The van der Waals surface area contributed by atoms with E-state index in [1.54, 1.807) is 17.7 Å². The molecular weight excluding hydrogens is 342 g/mol. The van der Waals surface area contributed by atoms with E-state index in [1.165, 1.54) is 4.88 Å². The van der Waals surface area contributed by atoms with E-state index in [2.05, 4.69) is 65.2 Å². The van der Waals surface area contributed by atoms with Gasteiger partial charge in [-0.2, -0.15) is 9.47 Å². The smallest absolute Gasteiger partial charge is 0.111 e. The van der Waals surface area contributed by atoms with Gasteiger partial charge in [-0.3, -0.25) is 15.1 Å². The third kappa shape index (κ3) is 2.88. The molecule has 0 saturated carbocycles. The molecule has 0 amide bonds. The summed E-state index contributed by atoms with van der Waals surface area (Å²) >= 11 is 1.57. The van der Waals surface area contributed by atoms with E-state index in [0.717, 1.165) is 39.6 Å². The molecule has 0 spiro atoms. The van der Waals surface area contributed by atoms with Gasteiger partial charge in [-0.05, 0) is 30.1 Å². The Morgan fingerprint density at radius 1 is 1.04 bits per heavy atom. The molecule has 0 aliphatic rings. The molecule has 4 rings (SSSR count). The summed E-state index contributed by atoms with van der Waals surface area (Å²) in [5.41, 5.74) is 4.10. The van der Waals surface area contributed by atoms with Crippen LogP contribution in [-0.2, 0) is 17.3 Å². The number of aromatic amines is 1. The molecule has 0 saturated heterocycles. The van der Waals surface area contributed by atoms with E-state index < -0.39 is 0 Å². The van der Waals surface area contributed by atoms with Crippen molar-refractivity contribution in [3.05, 3.63) is 47.0 Å². The molecular formula is C20H23N5S. The van der Waals surface area contributed by atoms with Crippen LogP contribution in [0, 0.1) is 0 Å². The predicted octanol–water partition coefficient (Wildman–Crippen LogP) is 4.78. The highest BCUT2D eigenvalue weighted by atomic mass is 32.1. The second-order valence-corrected chi connectivity index (χ2v) is 9.28. The third-order valence-electron chi connectivity index (χ3n) is 4.76. The van der Waals surface area contributed by atoms with E-state index >= 15 is 0 Å². The van der Waals surface area contributed by atoms with Crippen molar-refractivity contribution in [2.75, 3.05) is 0 Å². The lowest BCUT2D eigenvalue weighted by molar-refractivity contribution is 0.530. The maximum Gasteiger partial charge on any atom is 0.111 e. The monoisotopic (exact) mass is 365 g/mol. The summed E-state index contributed by atoms with van der Waals surface area (Å²) in [5.74, 6) is 0. The Bertz CT molecular complexity index is 1080. The molecule has 4 heterocycles. The number of pyridine rings is 2. The van der Waals surface area contributed by atoms with Gasteiger partial charge in [0.2, 0.25) is 0 Å². The Hall–Kier alpha value is -2.34. The van der Waals surface area contributed by atoms with Gasteiger partial charge >= 0.3 is 0 Å². The zero-order chi connectivity index (χ0) is 18.5. The Kier molecular flexibility index (Phi) is 3.84. The van der Waals surface area contributed by atoms with Crippen LogP contribution in [-0.4, -0.2) is 24.5 Å². The Morgan fingerprint density at radius 3 is 2.62 bits per heavy atom. The minimum absolute atomic E-state index is 0.0163. The van der Waals surface area contributed by atoms with Crippen molar-refractivity contribution in [1.82, 2.24) is 24.5 Å².